The maximum Gasteiger partial charge on any atom is 0.157 e. The Balaban J connectivity index is 2.24. The summed E-state index contributed by atoms with van der Waals surface area (Å²) in [5.74, 6) is 0.395. The Kier molecular flexibility index (Phi) is 6.65. The van der Waals surface area contributed by atoms with Crippen LogP contribution in [-0.2, 0) is 14.3 Å². The van der Waals surface area contributed by atoms with E-state index in [1.54, 1.807) is 0 Å². The van der Waals surface area contributed by atoms with E-state index in [-0.39, 0.29) is 12.2 Å². The molecule has 2 unspecified atom stereocenters. The molecule has 1 saturated heterocycles. The Hall–Kier alpha value is -0.410. The molecule has 0 aromatic carbocycles. The van der Waals surface area contributed by atoms with Crippen LogP contribution in [-0.4, -0.2) is 25.3 Å². The van der Waals surface area contributed by atoms with E-state index in [1.165, 1.54) is 6.42 Å². The van der Waals surface area contributed by atoms with Crippen molar-refractivity contribution in [3.8, 4) is 0 Å². The highest BCUT2D eigenvalue weighted by Crippen LogP contribution is 2.16. The normalized spacial score (nSPS) is 23.0. The predicted octanol–water partition coefficient (Wildman–Crippen LogP) is 2.93. The Labute approximate surface area is 98.5 Å². The van der Waals surface area contributed by atoms with Gasteiger partial charge >= 0.3 is 0 Å². The minimum Gasteiger partial charge on any atom is -0.353 e. The minimum atomic E-state index is -0.0720. The van der Waals surface area contributed by atoms with E-state index in [1.807, 2.05) is 13.8 Å². The zero-order valence-corrected chi connectivity index (χ0v) is 10.5. The van der Waals surface area contributed by atoms with E-state index in [0.29, 0.717) is 18.8 Å². The molecule has 0 aromatic heterocycles. The van der Waals surface area contributed by atoms with Crippen molar-refractivity contribution < 1.29 is 14.3 Å². The fourth-order valence-corrected chi connectivity index (χ4v) is 1.96. The van der Waals surface area contributed by atoms with Crippen molar-refractivity contribution in [1.29, 1.82) is 0 Å². The Morgan fingerprint density at radius 3 is 2.81 bits per heavy atom. The summed E-state index contributed by atoms with van der Waals surface area (Å²) in [5.41, 5.74) is 0. The van der Waals surface area contributed by atoms with Gasteiger partial charge in [0.1, 0.15) is 5.78 Å². The third-order valence-electron chi connectivity index (χ3n) is 3.07. The van der Waals surface area contributed by atoms with Crippen molar-refractivity contribution in [3.63, 3.8) is 0 Å². The standard InChI is InChI=1S/C13H24O3/c1-3-7-12(14)11(4-2)10-16-13-8-5-6-9-15-13/h11,13H,3-10H2,1-2H3. The lowest BCUT2D eigenvalue weighted by Crippen LogP contribution is -2.27. The molecule has 3 nitrogen and oxygen atoms in total. The molecular weight excluding hydrogens is 204 g/mol. The molecular formula is C13H24O3. The van der Waals surface area contributed by atoms with Crippen LogP contribution in [0, 0.1) is 5.92 Å². The fraction of sp³-hybridized carbons (Fsp3) is 0.923. The van der Waals surface area contributed by atoms with Crippen molar-refractivity contribution in [3.05, 3.63) is 0 Å². The number of hydrogen-bond acceptors (Lipinski definition) is 3. The molecule has 1 fully saturated rings. The number of Topliss-reactive ketones (excluding diaryl/α,β-unsaturated/α-hetero) is 1. The van der Waals surface area contributed by atoms with Gasteiger partial charge in [-0.3, -0.25) is 4.79 Å². The molecule has 0 aliphatic carbocycles. The number of rotatable bonds is 7. The lowest BCUT2D eigenvalue weighted by molar-refractivity contribution is -0.171. The average molecular weight is 228 g/mol. The van der Waals surface area contributed by atoms with Crippen LogP contribution in [0.1, 0.15) is 52.4 Å². The lowest BCUT2D eigenvalue weighted by Gasteiger charge is -2.24. The Bertz CT molecular complexity index is 197. The fourth-order valence-electron chi connectivity index (χ4n) is 1.96. The molecule has 0 amide bonds. The molecule has 1 aliphatic heterocycles. The van der Waals surface area contributed by atoms with Gasteiger partial charge in [0.25, 0.3) is 0 Å². The number of carbonyl (C=O) groups excluding carboxylic acids is 1. The predicted molar refractivity (Wildman–Crippen MR) is 63.2 cm³/mol. The average Bonchev–Trinajstić information content (AvgIpc) is 2.31. The molecule has 1 aliphatic rings. The van der Waals surface area contributed by atoms with Crippen LogP contribution in [0.3, 0.4) is 0 Å². The summed E-state index contributed by atoms with van der Waals surface area (Å²) in [7, 11) is 0. The monoisotopic (exact) mass is 228 g/mol. The topological polar surface area (TPSA) is 35.5 Å². The van der Waals surface area contributed by atoms with Crippen molar-refractivity contribution in [1.82, 2.24) is 0 Å². The quantitative estimate of drug-likeness (QED) is 0.672. The van der Waals surface area contributed by atoms with Crippen molar-refractivity contribution >= 4 is 5.78 Å². The van der Waals surface area contributed by atoms with Gasteiger partial charge in [-0.15, -0.1) is 0 Å². The van der Waals surface area contributed by atoms with Crippen LogP contribution in [0.25, 0.3) is 0 Å². The van der Waals surface area contributed by atoms with E-state index in [4.69, 9.17) is 9.47 Å². The van der Waals surface area contributed by atoms with E-state index in [2.05, 4.69) is 0 Å². The van der Waals surface area contributed by atoms with Crippen LogP contribution in [0.2, 0.25) is 0 Å². The van der Waals surface area contributed by atoms with Gasteiger partial charge in [-0.25, -0.2) is 0 Å². The first-order valence-corrected chi connectivity index (χ1v) is 6.53. The van der Waals surface area contributed by atoms with Gasteiger partial charge in [-0.1, -0.05) is 13.8 Å². The molecule has 1 heterocycles. The van der Waals surface area contributed by atoms with Gasteiger partial charge in [0.15, 0.2) is 6.29 Å². The summed E-state index contributed by atoms with van der Waals surface area (Å²) in [6.07, 6.45) is 5.67. The van der Waals surface area contributed by atoms with Crippen LogP contribution in [0.15, 0.2) is 0 Å². The second-order valence-corrected chi connectivity index (χ2v) is 4.45. The Morgan fingerprint density at radius 1 is 1.44 bits per heavy atom. The van der Waals surface area contributed by atoms with Crippen LogP contribution < -0.4 is 0 Å². The molecule has 1 rings (SSSR count). The van der Waals surface area contributed by atoms with E-state index in [9.17, 15) is 4.79 Å². The maximum absolute atomic E-state index is 11.7. The highest BCUT2D eigenvalue weighted by Gasteiger charge is 2.20. The zero-order chi connectivity index (χ0) is 11.8. The molecule has 3 heteroatoms. The van der Waals surface area contributed by atoms with Crippen molar-refractivity contribution in [2.75, 3.05) is 13.2 Å². The molecule has 2 atom stereocenters. The van der Waals surface area contributed by atoms with E-state index in [0.717, 1.165) is 32.3 Å². The molecule has 0 aromatic rings. The van der Waals surface area contributed by atoms with Crippen molar-refractivity contribution in [2.24, 2.45) is 5.92 Å². The van der Waals surface area contributed by atoms with Crippen LogP contribution in [0.5, 0.6) is 0 Å². The minimum absolute atomic E-state index is 0.0606. The first kappa shape index (κ1) is 13.7. The third kappa shape index (κ3) is 4.62. The first-order valence-electron chi connectivity index (χ1n) is 6.53. The first-order chi connectivity index (χ1) is 7.77. The molecule has 94 valence electrons. The SMILES string of the molecule is CCCC(=O)C(CC)COC1CCCCO1. The summed E-state index contributed by atoms with van der Waals surface area (Å²) in [4.78, 5) is 11.7. The smallest absolute Gasteiger partial charge is 0.157 e. The number of ketones is 1. The Morgan fingerprint density at radius 2 is 2.25 bits per heavy atom. The lowest BCUT2D eigenvalue weighted by atomic mass is 9.99. The molecule has 16 heavy (non-hydrogen) atoms. The largest absolute Gasteiger partial charge is 0.353 e. The third-order valence-corrected chi connectivity index (χ3v) is 3.07. The molecule has 0 saturated carbocycles. The highest BCUT2D eigenvalue weighted by atomic mass is 16.7. The number of ether oxygens (including phenoxy) is 2. The maximum atomic E-state index is 11.7. The van der Waals surface area contributed by atoms with E-state index >= 15 is 0 Å². The van der Waals surface area contributed by atoms with Gasteiger partial charge in [0, 0.05) is 18.9 Å². The number of hydrogen-bond donors (Lipinski definition) is 0. The molecule has 0 spiro atoms. The van der Waals surface area contributed by atoms with Gasteiger partial charge in [0.2, 0.25) is 0 Å². The molecule has 0 radical (unpaired) electrons. The number of carbonyl (C=O) groups is 1. The molecule has 0 bridgehead atoms. The summed E-state index contributed by atoms with van der Waals surface area (Å²) >= 11 is 0. The van der Waals surface area contributed by atoms with Crippen molar-refractivity contribution in [2.45, 2.75) is 58.7 Å². The summed E-state index contributed by atoms with van der Waals surface area (Å²) in [6, 6.07) is 0. The van der Waals surface area contributed by atoms with E-state index < -0.39 is 0 Å². The second kappa shape index (κ2) is 7.80. The summed E-state index contributed by atoms with van der Waals surface area (Å²) in [6.45, 7) is 5.41. The van der Waals surface area contributed by atoms with Gasteiger partial charge in [0.05, 0.1) is 6.61 Å². The zero-order valence-electron chi connectivity index (χ0n) is 10.5. The second-order valence-electron chi connectivity index (χ2n) is 4.45. The summed E-state index contributed by atoms with van der Waals surface area (Å²) < 4.78 is 11.1. The summed E-state index contributed by atoms with van der Waals surface area (Å²) in [5, 5.41) is 0. The molecule has 0 N–H and O–H groups in total. The highest BCUT2D eigenvalue weighted by molar-refractivity contribution is 5.80. The van der Waals surface area contributed by atoms with Crippen LogP contribution >= 0.6 is 0 Å². The van der Waals surface area contributed by atoms with Gasteiger partial charge in [-0.05, 0) is 32.1 Å². The van der Waals surface area contributed by atoms with Gasteiger partial charge in [-0.2, -0.15) is 0 Å². The van der Waals surface area contributed by atoms with Crippen LogP contribution in [0.4, 0.5) is 0 Å². The van der Waals surface area contributed by atoms with Gasteiger partial charge < -0.3 is 9.47 Å².